The average Bonchev–Trinajstić information content (AvgIpc) is 2.77. The van der Waals surface area contributed by atoms with Crippen molar-refractivity contribution in [3.8, 4) is 0 Å². The quantitative estimate of drug-likeness (QED) is 0.810. The number of amides is 1. The second-order valence-corrected chi connectivity index (χ2v) is 6.22. The first-order valence-corrected chi connectivity index (χ1v) is 8.20. The molecule has 1 aromatic heterocycles. The Labute approximate surface area is 135 Å². The van der Waals surface area contributed by atoms with Crippen molar-refractivity contribution in [1.29, 1.82) is 0 Å². The monoisotopic (exact) mass is 315 g/mol. The van der Waals surface area contributed by atoms with Crippen molar-refractivity contribution in [2.24, 2.45) is 0 Å². The molecule has 1 fully saturated rings. The Morgan fingerprint density at radius 1 is 1.30 bits per heavy atom. The molecule has 2 heterocycles. The molecular weight excluding hydrogens is 292 g/mol. The molecule has 1 aromatic carbocycles. The summed E-state index contributed by atoms with van der Waals surface area (Å²) in [5.74, 6) is 0.732. The van der Waals surface area contributed by atoms with Crippen LogP contribution in [-0.2, 0) is 11.2 Å². The Balaban J connectivity index is 1.66. The van der Waals surface area contributed by atoms with Gasteiger partial charge in [0.15, 0.2) is 0 Å². The molecule has 0 bridgehead atoms. The molecule has 2 aromatic rings. The van der Waals surface area contributed by atoms with Gasteiger partial charge in [0.2, 0.25) is 5.91 Å². The van der Waals surface area contributed by atoms with Gasteiger partial charge in [-0.05, 0) is 12.1 Å². The lowest BCUT2D eigenvalue weighted by Gasteiger charge is -2.19. The van der Waals surface area contributed by atoms with Crippen LogP contribution >= 0.6 is 0 Å². The summed E-state index contributed by atoms with van der Waals surface area (Å²) in [6.45, 7) is 3.75. The Morgan fingerprint density at radius 3 is 3.00 bits per heavy atom. The van der Waals surface area contributed by atoms with Crippen LogP contribution in [0.1, 0.15) is 18.7 Å². The normalized spacial score (nSPS) is 18.8. The van der Waals surface area contributed by atoms with Gasteiger partial charge < -0.3 is 14.8 Å². The highest BCUT2D eigenvalue weighted by Crippen LogP contribution is 2.07. The summed E-state index contributed by atoms with van der Waals surface area (Å²) >= 11 is 0. The lowest BCUT2D eigenvalue weighted by Crippen LogP contribution is -3.09. The van der Waals surface area contributed by atoms with Crippen molar-refractivity contribution < 1.29 is 9.69 Å². The van der Waals surface area contributed by atoms with E-state index in [1.165, 1.54) is 4.90 Å². The summed E-state index contributed by atoms with van der Waals surface area (Å²) in [5, 5.41) is 0.584. The van der Waals surface area contributed by atoms with E-state index >= 15 is 0 Å². The smallest absolute Gasteiger partial charge is 0.258 e. The molecule has 6 nitrogen and oxygen atoms in total. The van der Waals surface area contributed by atoms with Crippen molar-refractivity contribution in [2.45, 2.75) is 19.3 Å². The molecular formula is C17H23N4O2+. The number of para-hydroxylation sites is 1. The number of likely N-dealkylation sites (N-methyl/N-ethyl adjacent to an activating group) is 1. The van der Waals surface area contributed by atoms with Gasteiger partial charge in [-0.3, -0.25) is 9.59 Å². The predicted molar refractivity (Wildman–Crippen MR) is 88.5 cm³/mol. The van der Waals surface area contributed by atoms with Gasteiger partial charge >= 0.3 is 0 Å². The van der Waals surface area contributed by atoms with Crippen LogP contribution in [-0.4, -0.2) is 54.0 Å². The van der Waals surface area contributed by atoms with E-state index in [0.717, 1.165) is 32.6 Å². The molecule has 0 saturated carbocycles. The van der Waals surface area contributed by atoms with Crippen LogP contribution in [0.4, 0.5) is 0 Å². The number of carbonyl (C=O) groups excluding carboxylic acids is 1. The first kappa shape index (κ1) is 15.7. The van der Waals surface area contributed by atoms with Gasteiger partial charge in [0.1, 0.15) is 5.82 Å². The molecule has 0 aliphatic carbocycles. The lowest BCUT2D eigenvalue weighted by atomic mass is 10.2. The van der Waals surface area contributed by atoms with Crippen molar-refractivity contribution >= 4 is 16.8 Å². The average molecular weight is 315 g/mol. The molecule has 6 heteroatoms. The minimum atomic E-state index is -0.141. The number of nitrogens with zero attached hydrogens (tertiary/aromatic N) is 2. The number of hydrogen-bond acceptors (Lipinski definition) is 3. The molecule has 23 heavy (non-hydrogen) atoms. The summed E-state index contributed by atoms with van der Waals surface area (Å²) in [6.07, 6.45) is 1.90. The van der Waals surface area contributed by atoms with Crippen LogP contribution < -0.4 is 10.5 Å². The number of aryl methyl sites for hydroxylation is 1. The van der Waals surface area contributed by atoms with Crippen LogP contribution in [0.2, 0.25) is 0 Å². The maximum atomic E-state index is 12.4. The summed E-state index contributed by atoms with van der Waals surface area (Å²) in [6, 6.07) is 7.26. The standard InChI is InChI=1S/C17H22N4O2/c1-20-9-4-10-21(12-11-20)16(22)8-7-15-18-14-6-3-2-5-13(14)17(23)19-15/h2-3,5-6H,4,7-12H2,1H3,(H,18,19,23)/p+1. The van der Waals surface area contributed by atoms with E-state index in [0.29, 0.717) is 29.6 Å². The van der Waals surface area contributed by atoms with Gasteiger partial charge in [-0.1, -0.05) is 12.1 Å². The van der Waals surface area contributed by atoms with Gasteiger partial charge in [0.25, 0.3) is 5.56 Å². The lowest BCUT2D eigenvalue weighted by molar-refractivity contribution is -0.877. The van der Waals surface area contributed by atoms with Gasteiger partial charge in [-0.15, -0.1) is 0 Å². The number of fused-ring (bicyclic) bond motifs is 1. The van der Waals surface area contributed by atoms with Gasteiger partial charge in [-0.25, -0.2) is 4.98 Å². The zero-order valence-corrected chi connectivity index (χ0v) is 13.5. The molecule has 122 valence electrons. The fourth-order valence-corrected chi connectivity index (χ4v) is 3.02. The Bertz CT molecular complexity index is 756. The van der Waals surface area contributed by atoms with Gasteiger partial charge in [0.05, 0.1) is 37.6 Å². The van der Waals surface area contributed by atoms with Crippen LogP contribution in [0.3, 0.4) is 0 Å². The number of benzene rings is 1. The maximum Gasteiger partial charge on any atom is 0.258 e. The van der Waals surface area contributed by atoms with Crippen molar-refractivity contribution in [3.05, 3.63) is 40.4 Å². The highest BCUT2D eigenvalue weighted by Gasteiger charge is 2.19. The zero-order valence-electron chi connectivity index (χ0n) is 13.5. The number of carbonyl (C=O) groups is 1. The highest BCUT2D eigenvalue weighted by molar-refractivity contribution is 5.78. The molecule has 1 amide bonds. The summed E-state index contributed by atoms with van der Waals surface area (Å²) in [4.78, 5) is 35.1. The fraction of sp³-hybridized carbons (Fsp3) is 0.471. The van der Waals surface area contributed by atoms with E-state index in [1.807, 2.05) is 23.1 Å². The van der Waals surface area contributed by atoms with Gasteiger partial charge in [-0.2, -0.15) is 0 Å². The topological polar surface area (TPSA) is 70.5 Å². The summed E-state index contributed by atoms with van der Waals surface area (Å²) in [7, 11) is 2.16. The number of aromatic amines is 1. The second-order valence-electron chi connectivity index (χ2n) is 6.22. The number of quaternary nitrogens is 1. The Kier molecular flexibility index (Phi) is 4.71. The molecule has 0 spiro atoms. The van der Waals surface area contributed by atoms with Crippen LogP contribution in [0, 0.1) is 0 Å². The highest BCUT2D eigenvalue weighted by atomic mass is 16.2. The third kappa shape index (κ3) is 3.76. The third-order valence-corrected chi connectivity index (χ3v) is 4.43. The van der Waals surface area contributed by atoms with Crippen LogP contribution in [0.5, 0.6) is 0 Å². The van der Waals surface area contributed by atoms with E-state index in [2.05, 4.69) is 17.0 Å². The maximum absolute atomic E-state index is 12.4. The van der Waals surface area contributed by atoms with E-state index in [4.69, 9.17) is 0 Å². The molecule has 1 aliphatic rings. The fourth-order valence-electron chi connectivity index (χ4n) is 3.02. The molecule has 1 atom stereocenters. The number of rotatable bonds is 3. The molecule has 0 radical (unpaired) electrons. The molecule has 1 aliphatic heterocycles. The number of nitrogens with one attached hydrogen (secondary N) is 2. The third-order valence-electron chi connectivity index (χ3n) is 4.43. The number of hydrogen-bond donors (Lipinski definition) is 2. The first-order valence-electron chi connectivity index (χ1n) is 8.20. The summed E-state index contributed by atoms with van der Waals surface area (Å²) < 4.78 is 0. The van der Waals surface area contributed by atoms with Crippen molar-refractivity contribution in [3.63, 3.8) is 0 Å². The minimum Gasteiger partial charge on any atom is -0.337 e. The Morgan fingerprint density at radius 2 is 2.13 bits per heavy atom. The summed E-state index contributed by atoms with van der Waals surface area (Å²) in [5.41, 5.74) is 0.539. The largest absolute Gasteiger partial charge is 0.337 e. The van der Waals surface area contributed by atoms with E-state index in [1.54, 1.807) is 6.07 Å². The second kappa shape index (κ2) is 6.91. The van der Waals surface area contributed by atoms with E-state index < -0.39 is 0 Å². The van der Waals surface area contributed by atoms with E-state index in [9.17, 15) is 9.59 Å². The van der Waals surface area contributed by atoms with Crippen molar-refractivity contribution in [2.75, 3.05) is 33.2 Å². The van der Waals surface area contributed by atoms with Crippen molar-refractivity contribution in [1.82, 2.24) is 14.9 Å². The molecule has 2 N–H and O–H groups in total. The molecule has 1 unspecified atom stereocenters. The predicted octanol–water partition coefficient (Wildman–Crippen LogP) is -0.397. The number of aromatic nitrogens is 2. The molecule has 3 rings (SSSR count). The number of H-pyrrole nitrogens is 1. The SMILES string of the molecule is C[NH+]1CCCN(C(=O)CCc2nc3ccccc3c(=O)[nH]2)CC1. The minimum absolute atomic E-state index is 0.141. The Hall–Kier alpha value is -2.21. The molecule has 1 saturated heterocycles. The van der Waals surface area contributed by atoms with Crippen LogP contribution in [0.15, 0.2) is 29.1 Å². The van der Waals surface area contributed by atoms with Gasteiger partial charge in [0, 0.05) is 25.8 Å². The zero-order chi connectivity index (χ0) is 16.2. The first-order chi connectivity index (χ1) is 11.1. The van der Waals surface area contributed by atoms with Crippen LogP contribution in [0.25, 0.3) is 10.9 Å². The van der Waals surface area contributed by atoms with E-state index in [-0.39, 0.29) is 11.5 Å².